The molecule has 1 rings (SSSR count). The predicted molar refractivity (Wildman–Crippen MR) is 78.4 cm³/mol. The van der Waals surface area contributed by atoms with Crippen LogP contribution in [0.4, 0.5) is 0 Å². The van der Waals surface area contributed by atoms with Crippen molar-refractivity contribution in [3.8, 4) is 5.75 Å². The van der Waals surface area contributed by atoms with E-state index in [0.29, 0.717) is 19.8 Å². The lowest BCUT2D eigenvalue weighted by atomic mass is 10.2. The summed E-state index contributed by atoms with van der Waals surface area (Å²) in [5.74, 6) is 0.857. The van der Waals surface area contributed by atoms with Gasteiger partial charge in [0.1, 0.15) is 12.4 Å². The molecule has 0 heterocycles. The fourth-order valence-corrected chi connectivity index (χ4v) is 1.82. The molecular weight excluding hydrogens is 240 g/mol. The second kappa shape index (κ2) is 9.78. The first-order valence-corrected chi connectivity index (χ1v) is 7.02. The van der Waals surface area contributed by atoms with Crippen LogP contribution in [-0.2, 0) is 11.3 Å². The Morgan fingerprint density at radius 2 is 1.89 bits per heavy atom. The zero-order valence-corrected chi connectivity index (χ0v) is 12.1. The first-order chi connectivity index (χ1) is 9.30. The van der Waals surface area contributed by atoms with Gasteiger partial charge in [-0.3, -0.25) is 0 Å². The highest BCUT2D eigenvalue weighted by atomic mass is 16.5. The minimum atomic E-state index is 0.539. The maximum atomic E-state index is 5.61. The number of nitrogens with zero attached hydrogens (tertiary/aromatic N) is 1. The molecule has 4 heteroatoms. The lowest BCUT2D eigenvalue weighted by molar-refractivity contribution is 0.0819. The van der Waals surface area contributed by atoms with Crippen molar-refractivity contribution in [3.63, 3.8) is 0 Å². The van der Waals surface area contributed by atoms with Crippen molar-refractivity contribution in [2.75, 3.05) is 39.5 Å². The van der Waals surface area contributed by atoms with Gasteiger partial charge in [-0.2, -0.15) is 0 Å². The van der Waals surface area contributed by atoms with Gasteiger partial charge in [0.15, 0.2) is 0 Å². The molecular formula is C15H26N2O2. The Balaban J connectivity index is 2.10. The molecule has 0 saturated heterocycles. The Morgan fingerprint density at radius 1 is 1.11 bits per heavy atom. The largest absolute Gasteiger partial charge is 0.491 e. The molecule has 0 atom stereocenters. The molecule has 19 heavy (non-hydrogen) atoms. The summed E-state index contributed by atoms with van der Waals surface area (Å²) in [6.45, 7) is 9.94. The highest BCUT2D eigenvalue weighted by Gasteiger charge is 1.99. The maximum Gasteiger partial charge on any atom is 0.119 e. The Bertz CT molecular complexity index is 341. The van der Waals surface area contributed by atoms with Gasteiger partial charge >= 0.3 is 0 Å². The van der Waals surface area contributed by atoms with E-state index in [1.165, 1.54) is 0 Å². The normalized spacial score (nSPS) is 10.9. The van der Waals surface area contributed by atoms with Gasteiger partial charge in [0.05, 0.1) is 13.2 Å². The second-order valence-corrected chi connectivity index (χ2v) is 4.34. The number of benzene rings is 1. The van der Waals surface area contributed by atoms with Gasteiger partial charge < -0.3 is 20.1 Å². The summed E-state index contributed by atoms with van der Waals surface area (Å²) < 4.78 is 11.2. The summed E-state index contributed by atoms with van der Waals surface area (Å²) in [4.78, 5) is 2.34. The Labute approximate surface area is 116 Å². The smallest absolute Gasteiger partial charge is 0.119 e. The van der Waals surface area contributed by atoms with Crippen molar-refractivity contribution in [2.45, 2.75) is 20.4 Å². The minimum Gasteiger partial charge on any atom is -0.491 e. The summed E-state index contributed by atoms with van der Waals surface area (Å²) in [6, 6.07) is 7.86. The third-order valence-corrected chi connectivity index (χ3v) is 3.08. The number of hydrogen-bond donors (Lipinski definition) is 1. The van der Waals surface area contributed by atoms with Crippen molar-refractivity contribution >= 4 is 0 Å². The van der Waals surface area contributed by atoms with Crippen LogP contribution in [0, 0.1) is 0 Å². The molecule has 0 aliphatic carbocycles. The van der Waals surface area contributed by atoms with E-state index in [9.17, 15) is 0 Å². The van der Waals surface area contributed by atoms with Crippen molar-refractivity contribution in [2.24, 2.45) is 5.73 Å². The van der Waals surface area contributed by atoms with E-state index in [1.54, 1.807) is 0 Å². The highest BCUT2D eigenvalue weighted by molar-refractivity contribution is 5.28. The van der Waals surface area contributed by atoms with Crippen LogP contribution in [0.2, 0.25) is 0 Å². The Kier molecular flexibility index (Phi) is 8.21. The Hall–Kier alpha value is -1.10. The van der Waals surface area contributed by atoms with Crippen LogP contribution < -0.4 is 10.5 Å². The monoisotopic (exact) mass is 266 g/mol. The van der Waals surface area contributed by atoms with Crippen molar-refractivity contribution in [1.29, 1.82) is 0 Å². The quantitative estimate of drug-likeness (QED) is 0.657. The topological polar surface area (TPSA) is 47.7 Å². The lowest BCUT2D eigenvalue weighted by Crippen LogP contribution is -2.27. The SMILES string of the molecule is CCN(CC)CCOCCOc1cccc(CN)c1. The number of hydrogen-bond acceptors (Lipinski definition) is 4. The van der Waals surface area contributed by atoms with Crippen LogP contribution in [0.15, 0.2) is 24.3 Å². The molecule has 1 aromatic rings. The van der Waals surface area contributed by atoms with Gasteiger partial charge in [0.2, 0.25) is 0 Å². The van der Waals surface area contributed by atoms with Gasteiger partial charge in [-0.05, 0) is 30.8 Å². The zero-order valence-electron chi connectivity index (χ0n) is 12.1. The van der Waals surface area contributed by atoms with Crippen molar-refractivity contribution in [3.05, 3.63) is 29.8 Å². The van der Waals surface area contributed by atoms with Gasteiger partial charge in [0.25, 0.3) is 0 Å². The van der Waals surface area contributed by atoms with Gasteiger partial charge in [-0.25, -0.2) is 0 Å². The molecule has 0 aliphatic heterocycles. The van der Waals surface area contributed by atoms with E-state index in [2.05, 4.69) is 18.7 Å². The summed E-state index contributed by atoms with van der Waals surface area (Å²) in [5.41, 5.74) is 6.67. The average molecular weight is 266 g/mol. The molecule has 0 radical (unpaired) electrons. The molecule has 0 aliphatic rings. The first kappa shape index (κ1) is 16.0. The number of ether oxygens (including phenoxy) is 2. The van der Waals surface area contributed by atoms with Gasteiger partial charge in [0, 0.05) is 13.1 Å². The van der Waals surface area contributed by atoms with E-state index in [1.807, 2.05) is 24.3 Å². The molecule has 0 unspecified atom stereocenters. The van der Waals surface area contributed by atoms with Gasteiger partial charge in [-0.1, -0.05) is 26.0 Å². The van der Waals surface area contributed by atoms with Crippen LogP contribution >= 0.6 is 0 Å². The van der Waals surface area contributed by atoms with E-state index >= 15 is 0 Å². The number of rotatable bonds is 10. The zero-order chi connectivity index (χ0) is 13.9. The van der Waals surface area contributed by atoms with E-state index in [-0.39, 0.29) is 0 Å². The van der Waals surface area contributed by atoms with Crippen molar-refractivity contribution in [1.82, 2.24) is 4.90 Å². The molecule has 4 nitrogen and oxygen atoms in total. The molecule has 0 aromatic heterocycles. The first-order valence-electron chi connectivity index (χ1n) is 7.02. The fraction of sp³-hybridized carbons (Fsp3) is 0.600. The van der Waals surface area contributed by atoms with Crippen LogP contribution in [0.5, 0.6) is 5.75 Å². The molecule has 108 valence electrons. The van der Waals surface area contributed by atoms with E-state index in [0.717, 1.165) is 37.6 Å². The molecule has 2 N–H and O–H groups in total. The van der Waals surface area contributed by atoms with Crippen LogP contribution in [0.1, 0.15) is 19.4 Å². The lowest BCUT2D eigenvalue weighted by Gasteiger charge is -2.17. The summed E-state index contributed by atoms with van der Waals surface area (Å²) in [5, 5.41) is 0. The summed E-state index contributed by atoms with van der Waals surface area (Å²) in [6.07, 6.45) is 0. The average Bonchev–Trinajstić information content (AvgIpc) is 2.47. The molecule has 0 saturated carbocycles. The van der Waals surface area contributed by atoms with Crippen molar-refractivity contribution < 1.29 is 9.47 Å². The van der Waals surface area contributed by atoms with Crippen LogP contribution in [0.3, 0.4) is 0 Å². The molecule has 0 amide bonds. The molecule has 0 bridgehead atoms. The van der Waals surface area contributed by atoms with E-state index < -0.39 is 0 Å². The maximum absolute atomic E-state index is 5.61. The summed E-state index contributed by atoms with van der Waals surface area (Å²) in [7, 11) is 0. The third-order valence-electron chi connectivity index (χ3n) is 3.08. The standard InChI is InChI=1S/C15H26N2O2/c1-3-17(4-2)8-9-18-10-11-19-15-7-5-6-14(12-15)13-16/h5-7,12H,3-4,8-11,13,16H2,1-2H3. The van der Waals surface area contributed by atoms with E-state index in [4.69, 9.17) is 15.2 Å². The number of likely N-dealkylation sites (N-methyl/N-ethyl adjacent to an activating group) is 1. The molecule has 0 spiro atoms. The van der Waals surface area contributed by atoms with Crippen LogP contribution in [-0.4, -0.2) is 44.4 Å². The predicted octanol–water partition coefficient (Wildman–Crippen LogP) is 1.88. The number of nitrogens with two attached hydrogens (primary N) is 1. The minimum absolute atomic E-state index is 0.539. The fourth-order valence-electron chi connectivity index (χ4n) is 1.82. The van der Waals surface area contributed by atoms with Crippen LogP contribution in [0.25, 0.3) is 0 Å². The second-order valence-electron chi connectivity index (χ2n) is 4.34. The summed E-state index contributed by atoms with van der Waals surface area (Å²) >= 11 is 0. The molecule has 1 aromatic carbocycles. The Morgan fingerprint density at radius 3 is 2.58 bits per heavy atom. The van der Waals surface area contributed by atoms with Gasteiger partial charge in [-0.15, -0.1) is 0 Å². The third kappa shape index (κ3) is 6.57. The highest BCUT2D eigenvalue weighted by Crippen LogP contribution is 2.12. The molecule has 0 fully saturated rings.